The lowest BCUT2D eigenvalue weighted by atomic mass is 10.4. The predicted molar refractivity (Wildman–Crippen MR) is 74.7 cm³/mol. The number of carbonyl (C=O) groups excluding carboxylic acids is 1. The second kappa shape index (κ2) is 4.94. The highest BCUT2D eigenvalue weighted by Crippen LogP contribution is 2.31. The van der Waals surface area contributed by atoms with Crippen LogP contribution in [-0.4, -0.2) is 24.5 Å². The molecule has 2 aromatic rings. The van der Waals surface area contributed by atoms with Crippen molar-refractivity contribution < 1.29 is 13.2 Å². The minimum absolute atomic E-state index is 0.0118. The predicted octanol–water partition coefficient (Wildman–Crippen LogP) is 1.44. The van der Waals surface area contributed by atoms with Crippen molar-refractivity contribution in [2.75, 3.05) is 4.72 Å². The molecule has 0 aliphatic rings. The average Bonchev–Trinajstić information content (AvgIpc) is 2.87. The molecule has 0 bridgehead atoms. The Balaban J connectivity index is 2.31. The molecular formula is C9H9BrN4O3S2. The van der Waals surface area contributed by atoms with E-state index in [0.717, 1.165) is 15.8 Å². The van der Waals surface area contributed by atoms with Crippen LogP contribution in [0.25, 0.3) is 0 Å². The van der Waals surface area contributed by atoms with E-state index in [9.17, 15) is 13.2 Å². The standard InChI is InChI=1S/C9H9BrN4O3S2/c1-4-5(10)3-18-9(4)19(16,17)14-7-2-6(8(11)15)12-13-7/h2-3H,1H3,(H2,11,15)(H2,12,13,14). The first-order chi connectivity index (χ1) is 8.81. The number of nitrogens with two attached hydrogens (primary N) is 1. The molecule has 0 aromatic carbocycles. The highest BCUT2D eigenvalue weighted by Gasteiger charge is 2.22. The molecule has 2 heterocycles. The smallest absolute Gasteiger partial charge is 0.272 e. The number of carbonyl (C=O) groups is 1. The van der Waals surface area contributed by atoms with Gasteiger partial charge in [0.2, 0.25) is 0 Å². The fourth-order valence-electron chi connectivity index (χ4n) is 1.33. The molecule has 0 fully saturated rings. The van der Waals surface area contributed by atoms with Crippen molar-refractivity contribution in [2.24, 2.45) is 5.73 Å². The van der Waals surface area contributed by atoms with Crippen LogP contribution >= 0.6 is 27.3 Å². The molecule has 102 valence electrons. The van der Waals surface area contributed by atoms with Crippen LogP contribution in [0.1, 0.15) is 16.1 Å². The molecule has 1 amide bonds. The third-order valence-electron chi connectivity index (χ3n) is 2.26. The number of nitrogens with zero attached hydrogens (tertiary/aromatic N) is 1. The maximum atomic E-state index is 12.1. The number of halogens is 1. The Morgan fingerprint density at radius 1 is 1.58 bits per heavy atom. The lowest BCUT2D eigenvalue weighted by molar-refractivity contribution is 0.0995. The molecular weight excluding hydrogens is 356 g/mol. The van der Waals surface area contributed by atoms with Crippen LogP contribution in [-0.2, 0) is 10.0 Å². The number of anilines is 1. The van der Waals surface area contributed by atoms with Crippen LogP contribution in [0, 0.1) is 6.92 Å². The number of aromatic nitrogens is 2. The maximum Gasteiger partial charge on any atom is 0.272 e. The third-order valence-corrected chi connectivity index (χ3v) is 6.48. The number of aromatic amines is 1. The van der Waals surface area contributed by atoms with Crippen LogP contribution in [0.4, 0.5) is 5.82 Å². The number of primary amides is 1. The van der Waals surface area contributed by atoms with Crippen molar-refractivity contribution in [3.05, 3.63) is 27.2 Å². The van der Waals surface area contributed by atoms with Gasteiger partial charge in [-0.15, -0.1) is 11.3 Å². The van der Waals surface area contributed by atoms with Gasteiger partial charge in [0.15, 0.2) is 5.82 Å². The Kier molecular flexibility index (Phi) is 3.65. The normalized spacial score (nSPS) is 11.5. The van der Waals surface area contributed by atoms with E-state index in [1.807, 2.05) is 0 Å². The first-order valence-corrected chi connectivity index (χ1v) is 8.08. The van der Waals surface area contributed by atoms with E-state index < -0.39 is 15.9 Å². The number of H-pyrrole nitrogens is 1. The molecule has 0 unspecified atom stereocenters. The fourth-order valence-corrected chi connectivity index (χ4v) is 4.51. The van der Waals surface area contributed by atoms with E-state index >= 15 is 0 Å². The van der Waals surface area contributed by atoms with Gasteiger partial charge in [-0.25, -0.2) is 8.42 Å². The number of amides is 1. The first kappa shape index (κ1) is 14.0. The molecule has 0 radical (unpaired) electrons. The monoisotopic (exact) mass is 364 g/mol. The molecule has 2 aromatic heterocycles. The van der Waals surface area contributed by atoms with Gasteiger partial charge in [-0.3, -0.25) is 14.6 Å². The largest absolute Gasteiger partial charge is 0.364 e. The van der Waals surface area contributed by atoms with Crippen molar-refractivity contribution in [3.63, 3.8) is 0 Å². The summed E-state index contributed by atoms with van der Waals surface area (Å²) in [6.45, 7) is 1.69. The summed E-state index contributed by atoms with van der Waals surface area (Å²) < 4.78 is 27.4. The van der Waals surface area contributed by atoms with E-state index in [2.05, 4.69) is 30.8 Å². The number of hydrogen-bond donors (Lipinski definition) is 3. The van der Waals surface area contributed by atoms with E-state index in [4.69, 9.17) is 5.73 Å². The van der Waals surface area contributed by atoms with E-state index in [1.54, 1.807) is 12.3 Å². The molecule has 2 rings (SSSR count). The summed E-state index contributed by atoms with van der Waals surface area (Å²) in [5, 5.41) is 7.69. The number of sulfonamides is 1. The van der Waals surface area contributed by atoms with Gasteiger partial charge in [0.1, 0.15) is 9.90 Å². The number of nitrogens with one attached hydrogen (secondary N) is 2. The summed E-state index contributed by atoms with van der Waals surface area (Å²) in [5.41, 5.74) is 5.68. The Morgan fingerprint density at radius 2 is 2.26 bits per heavy atom. The lowest BCUT2D eigenvalue weighted by Gasteiger charge is -2.03. The van der Waals surface area contributed by atoms with Crippen LogP contribution in [0.15, 0.2) is 20.1 Å². The average molecular weight is 365 g/mol. The zero-order valence-electron chi connectivity index (χ0n) is 9.60. The zero-order chi connectivity index (χ0) is 14.2. The zero-order valence-corrected chi connectivity index (χ0v) is 12.8. The molecule has 10 heteroatoms. The van der Waals surface area contributed by atoms with Crippen LogP contribution in [0.2, 0.25) is 0 Å². The Bertz CT molecular complexity index is 734. The van der Waals surface area contributed by atoms with Gasteiger partial charge in [0.25, 0.3) is 15.9 Å². The quantitative estimate of drug-likeness (QED) is 0.760. The summed E-state index contributed by atoms with van der Waals surface area (Å²) >= 11 is 4.34. The lowest BCUT2D eigenvalue weighted by Crippen LogP contribution is -2.13. The van der Waals surface area contributed by atoms with Gasteiger partial charge in [-0.2, -0.15) is 5.10 Å². The summed E-state index contributed by atoms with van der Waals surface area (Å²) in [4.78, 5) is 10.9. The summed E-state index contributed by atoms with van der Waals surface area (Å²) in [6.07, 6.45) is 0. The van der Waals surface area contributed by atoms with Gasteiger partial charge in [-0.05, 0) is 28.4 Å². The Morgan fingerprint density at radius 3 is 2.74 bits per heavy atom. The molecule has 4 N–H and O–H groups in total. The topological polar surface area (TPSA) is 118 Å². The first-order valence-electron chi connectivity index (χ1n) is 4.93. The van der Waals surface area contributed by atoms with Gasteiger partial charge >= 0.3 is 0 Å². The Labute approximate surface area is 121 Å². The second-order valence-corrected chi connectivity index (χ2v) is 7.24. The summed E-state index contributed by atoms with van der Waals surface area (Å²) in [6, 6.07) is 1.23. The molecule has 0 aliphatic heterocycles. The van der Waals surface area contributed by atoms with E-state index in [1.165, 1.54) is 6.07 Å². The summed E-state index contributed by atoms with van der Waals surface area (Å²) in [7, 11) is -3.73. The number of rotatable bonds is 4. The molecule has 19 heavy (non-hydrogen) atoms. The van der Waals surface area contributed by atoms with Crippen molar-refractivity contribution in [1.82, 2.24) is 10.2 Å². The van der Waals surface area contributed by atoms with Crippen LogP contribution in [0.3, 0.4) is 0 Å². The van der Waals surface area contributed by atoms with Crippen molar-refractivity contribution in [3.8, 4) is 0 Å². The number of hydrogen-bond acceptors (Lipinski definition) is 5. The molecule has 0 saturated carbocycles. The SMILES string of the molecule is Cc1c(Br)csc1S(=O)(=O)Nc1cc(C(N)=O)[nH]n1. The van der Waals surface area contributed by atoms with Gasteiger partial charge < -0.3 is 5.73 Å². The minimum Gasteiger partial charge on any atom is -0.364 e. The molecule has 0 saturated heterocycles. The highest BCUT2D eigenvalue weighted by molar-refractivity contribution is 9.10. The van der Waals surface area contributed by atoms with E-state index in [0.29, 0.717) is 5.56 Å². The highest BCUT2D eigenvalue weighted by atomic mass is 79.9. The molecule has 7 nitrogen and oxygen atoms in total. The van der Waals surface area contributed by atoms with Crippen molar-refractivity contribution in [1.29, 1.82) is 0 Å². The van der Waals surface area contributed by atoms with Crippen molar-refractivity contribution in [2.45, 2.75) is 11.1 Å². The minimum atomic E-state index is -3.73. The van der Waals surface area contributed by atoms with Gasteiger partial charge in [-0.1, -0.05) is 0 Å². The van der Waals surface area contributed by atoms with Crippen molar-refractivity contribution >= 4 is 49.0 Å². The van der Waals surface area contributed by atoms with Crippen LogP contribution in [0.5, 0.6) is 0 Å². The molecule has 0 aliphatic carbocycles. The number of thiophene rings is 1. The third kappa shape index (κ3) is 2.80. The Hall–Kier alpha value is -1.39. The van der Waals surface area contributed by atoms with Gasteiger partial charge in [0.05, 0.1) is 0 Å². The second-order valence-electron chi connectivity index (χ2n) is 3.63. The summed E-state index contributed by atoms with van der Waals surface area (Å²) in [5.74, 6) is -0.703. The molecule has 0 atom stereocenters. The van der Waals surface area contributed by atoms with Crippen LogP contribution < -0.4 is 10.5 Å². The maximum absolute atomic E-state index is 12.1. The molecule has 0 spiro atoms. The fraction of sp³-hybridized carbons (Fsp3) is 0.111. The van der Waals surface area contributed by atoms with E-state index in [-0.39, 0.29) is 15.7 Å². The van der Waals surface area contributed by atoms with Gasteiger partial charge in [0, 0.05) is 15.9 Å².